The molecule has 1 saturated heterocycles. The van der Waals surface area contributed by atoms with Crippen LogP contribution in [0.1, 0.15) is 18.5 Å². The van der Waals surface area contributed by atoms with Gasteiger partial charge in [-0.15, -0.1) is 0 Å². The molecule has 126 valence electrons. The number of nitrogens with one attached hydrogen (secondary N) is 1. The molecule has 1 atom stereocenters. The van der Waals surface area contributed by atoms with Crippen molar-refractivity contribution in [1.82, 2.24) is 9.97 Å². The third-order valence-electron chi connectivity index (χ3n) is 4.31. The number of rotatable bonds is 4. The molecule has 0 bridgehead atoms. The predicted molar refractivity (Wildman–Crippen MR) is 96.7 cm³/mol. The molecule has 1 amide bonds. The normalized spacial score (nSPS) is 15.2. The van der Waals surface area contributed by atoms with Crippen molar-refractivity contribution in [2.24, 2.45) is 0 Å². The van der Waals surface area contributed by atoms with E-state index in [0.717, 1.165) is 0 Å². The molecule has 1 aliphatic rings. The second kappa shape index (κ2) is 6.39. The van der Waals surface area contributed by atoms with E-state index < -0.39 is 0 Å². The number of fused-ring (bicyclic) bond motifs is 1. The van der Waals surface area contributed by atoms with Gasteiger partial charge in [0.15, 0.2) is 0 Å². The van der Waals surface area contributed by atoms with Crippen molar-refractivity contribution in [3.05, 3.63) is 60.3 Å². The lowest BCUT2D eigenvalue weighted by molar-refractivity contribution is 0.181. The molecule has 0 radical (unpaired) electrons. The third kappa shape index (κ3) is 2.98. The summed E-state index contributed by atoms with van der Waals surface area (Å²) in [5, 5.41) is 5.72. The highest BCUT2D eigenvalue weighted by Crippen LogP contribution is 2.26. The summed E-state index contributed by atoms with van der Waals surface area (Å²) in [6, 6.07) is 16.3. The molecule has 1 aromatic heterocycles. The molecular weight excluding hydrogens is 316 g/mol. The zero-order valence-electron chi connectivity index (χ0n) is 13.8. The maximum Gasteiger partial charge on any atom is 0.415 e. The van der Waals surface area contributed by atoms with Crippen LogP contribution < -0.4 is 10.2 Å². The predicted octanol–water partition coefficient (Wildman–Crippen LogP) is 3.76. The molecule has 25 heavy (non-hydrogen) atoms. The number of benzene rings is 2. The molecule has 2 aromatic carbocycles. The monoisotopic (exact) mass is 334 g/mol. The van der Waals surface area contributed by atoms with Crippen molar-refractivity contribution in [3.8, 4) is 0 Å². The van der Waals surface area contributed by atoms with Gasteiger partial charge in [-0.3, -0.25) is 4.90 Å². The van der Waals surface area contributed by atoms with Gasteiger partial charge in [0.05, 0.1) is 12.6 Å². The van der Waals surface area contributed by atoms with Crippen LogP contribution in [0.2, 0.25) is 0 Å². The molecule has 0 aliphatic carbocycles. The lowest BCUT2D eigenvalue weighted by atomic mass is 10.00. The number of anilines is 2. The third-order valence-corrected chi connectivity index (χ3v) is 4.31. The van der Waals surface area contributed by atoms with Crippen molar-refractivity contribution < 1.29 is 9.53 Å². The Balaban J connectivity index is 1.60. The van der Waals surface area contributed by atoms with Crippen LogP contribution in [0.5, 0.6) is 0 Å². The number of hydrogen-bond donors (Lipinski definition) is 1. The van der Waals surface area contributed by atoms with Crippen molar-refractivity contribution in [3.63, 3.8) is 0 Å². The van der Waals surface area contributed by atoms with E-state index >= 15 is 0 Å². The Hall–Kier alpha value is -3.15. The van der Waals surface area contributed by atoms with E-state index in [2.05, 4.69) is 46.5 Å². The fourth-order valence-corrected chi connectivity index (χ4v) is 3.07. The average Bonchev–Trinajstić information content (AvgIpc) is 3.07. The second-order valence-corrected chi connectivity index (χ2v) is 5.94. The van der Waals surface area contributed by atoms with E-state index in [1.165, 1.54) is 21.2 Å². The summed E-state index contributed by atoms with van der Waals surface area (Å²) >= 11 is 0. The van der Waals surface area contributed by atoms with Crippen molar-refractivity contribution in [1.29, 1.82) is 0 Å². The molecule has 4 rings (SSSR count). The molecule has 1 aliphatic heterocycles. The summed E-state index contributed by atoms with van der Waals surface area (Å²) in [5.74, 6) is 1.03. The Morgan fingerprint density at radius 1 is 1.16 bits per heavy atom. The van der Waals surface area contributed by atoms with Crippen LogP contribution in [0.15, 0.2) is 54.7 Å². The molecular formula is C19H18N4O2. The standard InChI is InChI=1S/C19H18N4O2/c1-13(15-8-4-6-14-5-2-3-7-16(14)15)21-18-20-10-9-17(22-18)23-11-12-25-19(23)24/h2-10,13H,11-12H2,1H3,(H,20,21,22). The van der Waals surface area contributed by atoms with Crippen LogP contribution in [0.25, 0.3) is 10.8 Å². The van der Waals surface area contributed by atoms with Crippen molar-refractivity contribution >= 4 is 28.6 Å². The maximum absolute atomic E-state index is 11.7. The average molecular weight is 334 g/mol. The number of ether oxygens (including phenoxy) is 1. The summed E-state index contributed by atoms with van der Waals surface area (Å²) in [6.45, 7) is 2.97. The molecule has 6 nitrogen and oxygen atoms in total. The van der Waals surface area contributed by atoms with Gasteiger partial charge < -0.3 is 10.1 Å². The topological polar surface area (TPSA) is 67.3 Å². The van der Waals surface area contributed by atoms with Gasteiger partial charge in [0.1, 0.15) is 12.4 Å². The number of carbonyl (C=O) groups excluding carboxylic acids is 1. The first-order chi connectivity index (χ1) is 12.2. The number of cyclic esters (lactones) is 1. The Bertz CT molecular complexity index is 923. The summed E-state index contributed by atoms with van der Waals surface area (Å²) < 4.78 is 4.96. The fourth-order valence-electron chi connectivity index (χ4n) is 3.07. The Morgan fingerprint density at radius 3 is 2.84 bits per heavy atom. The smallest absolute Gasteiger partial charge is 0.415 e. The molecule has 1 unspecified atom stereocenters. The fraction of sp³-hybridized carbons (Fsp3) is 0.211. The zero-order valence-corrected chi connectivity index (χ0v) is 13.8. The quantitative estimate of drug-likeness (QED) is 0.787. The SMILES string of the molecule is CC(Nc1nccc(N2CCOC2=O)n1)c1cccc2ccccc12. The molecule has 1 N–H and O–H groups in total. The lowest BCUT2D eigenvalue weighted by Gasteiger charge is -2.18. The van der Waals surface area contributed by atoms with Crippen molar-refractivity contribution in [2.75, 3.05) is 23.4 Å². The molecule has 1 fully saturated rings. The van der Waals surface area contributed by atoms with E-state index in [1.807, 2.05) is 18.2 Å². The van der Waals surface area contributed by atoms with E-state index in [-0.39, 0.29) is 12.1 Å². The Kier molecular flexibility index (Phi) is 3.93. The van der Waals surface area contributed by atoms with E-state index in [4.69, 9.17) is 4.74 Å². The summed E-state index contributed by atoms with van der Waals surface area (Å²) in [7, 11) is 0. The van der Waals surface area contributed by atoms with Gasteiger partial charge in [-0.25, -0.2) is 9.78 Å². The van der Waals surface area contributed by atoms with Crippen LogP contribution in [-0.2, 0) is 4.74 Å². The van der Waals surface area contributed by atoms with Gasteiger partial charge in [0, 0.05) is 6.20 Å². The molecule has 6 heteroatoms. The molecule has 0 spiro atoms. The van der Waals surface area contributed by atoms with Crippen LogP contribution in [0.3, 0.4) is 0 Å². The van der Waals surface area contributed by atoms with Gasteiger partial charge in [0.25, 0.3) is 0 Å². The van der Waals surface area contributed by atoms with Crippen LogP contribution >= 0.6 is 0 Å². The van der Waals surface area contributed by atoms with Crippen molar-refractivity contribution in [2.45, 2.75) is 13.0 Å². The van der Waals surface area contributed by atoms with Gasteiger partial charge >= 0.3 is 6.09 Å². The number of aromatic nitrogens is 2. The lowest BCUT2D eigenvalue weighted by Crippen LogP contribution is -2.25. The zero-order chi connectivity index (χ0) is 17.2. The number of hydrogen-bond acceptors (Lipinski definition) is 5. The summed E-state index contributed by atoms with van der Waals surface area (Å²) in [5.41, 5.74) is 1.17. The number of amides is 1. The summed E-state index contributed by atoms with van der Waals surface area (Å²) in [4.78, 5) is 21.9. The number of carbonyl (C=O) groups is 1. The van der Waals surface area contributed by atoms with Gasteiger partial charge in [-0.2, -0.15) is 4.98 Å². The summed E-state index contributed by atoms with van der Waals surface area (Å²) in [6.07, 6.45) is 1.28. The Morgan fingerprint density at radius 2 is 2.00 bits per heavy atom. The molecule has 2 heterocycles. The minimum atomic E-state index is -0.369. The highest BCUT2D eigenvalue weighted by atomic mass is 16.6. The van der Waals surface area contributed by atoms with Crippen LogP contribution in [0, 0.1) is 0 Å². The molecule has 0 saturated carbocycles. The van der Waals surface area contributed by atoms with E-state index in [1.54, 1.807) is 12.3 Å². The largest absolute Gasteiger partial charge is 0.447 e. The Labute approximate surface area is 145 Å². The maximum atomic E-state index is 11.7. The van der Waals surface area contributed by atoms with Crippen LogP contribution in [-0.4, -0.2) is 29.2 Å². The highest BCUT2D eigenvalue weighted by molar-refractivity contribution is 5.88. The van der Waals surface area contributed by atoms with Crippen LogP contribution in [0.4, 0.5) is 16.6 Å². The van der Waals surface area contributed by atoms with Gasteiger partial charge in [0.2, 0.25) is 5.95 Å². The minimum absolute atomic E-state index is 0.0203. The first-order valence-corrected chi connectivity index (χ1v) is 8.24. The first-order valence-electron chi connectivity index (χ1n) is 8.24. The molecule has 3 aromatic rings. The van der Waals surface area contributed by atoms with Gasteiger partial charge in [-0.1, -0.05) is 42.5 Å². The number of nitrogens with zero attached hydrogens (tertiary/aromatic N) is 3. The second-order valence-electron chi connectivity index (χ2n) is 5.94. The van der Waals surface area contributed by atoms with E-state index in [9.17, 15) is 4.79 Å². The highest BCUT2D eigenvalue weighted by Gasteiger charge is 2.25. The minimum Gasteiger partial charge on any atom is -0.447 e. The first kappa shape index (κ1) is 15.4. The van der Waals surface area contributed by atoms with Gasteiger partial charge in [-0.05, 0) is 29.3 Å². The van der Waals surface area contributed by atoms with E-state index in [0.29, 0.717) is 24.9 Å².